The Morgan fingerprint density at radius 3 is 2.70 bits per heavy atom. The van der Waals surface area contributed by atoms with Gasteiger partial charge in [0.15, 0.2) is 12.2 Å². The number of rotatable bonds is 4. The number of amides is 1. The maximum Gasteiger partial charge on any atom is 0.266 e. The highest BCUT2D eigenvalue weighted by molar-refractivity contribution is 6.30. The van der Waals surface area contributed by atoms with Crippen molar-refractivity contribution in [2.45, 2.75) is 39.8 Å². The summed E-state index contributed by atoms with van der Waals surface area (Å²) in [5, 5.41) is 3.78. The van der Waals surface area contributed by atoms with Crippen LogP contribution in [-0.2, 0) is 24.3 Å². The van der Waals surface area contributed by atoms with Crippen molar-refractivity contribution >= 4 is 23.2 Å². The van der Waals surface area contributed by atoms with E-state index < -0.39 is 0 Å². The molecular weight excluding hydrogens is 358 g/mol. The second kappa shape index (κ2) is 7.20. The van der Waals surface area contributed by atoms with Crippen molar-refractivity contribution in [2.75, 3.05) is 5.32 Å². The Morgan fingerprint density at radius 1 is 1.19 bits per heavy atom. The van der Waals surface area contributed by atoms with E-state index in [1.165, 1.54) is 11.4 Å². The number of benzene rings is 2. The van der Waals surface area contributed by atoms with Crippen LogP contribution in [0.2, 0.25) is 5.02 Å². The van der Waals surface area contributed by atoms with E-state index >= 15 is 0 Å². The minimum absolute atomic E-state index is 0.00471. The monoisotopic (exact) mass is 380 g/mol. The number of fused-ring (bicyclic) bond motifs is 1. The molecule has 1 aliphatic rings. The lowest BCUT2D eigenvalue weighted by Gasteiger charge is -2.08. The maximum atomic E-state index is 12.7. The van der Waals surface area contributed by atoms with Crippen molar-refractivity contribution in [1.82, 2.24) is 4.57 Å². The molecule has 5 heteroatoms. The van der Waals surface area contributed by atoms with Crippen LogP contribution >= 0.6 is 11.6 Å². The fourth-order valence-electron chi connectivity index (χ4n) is 3.80. The molecule has 1 N–H and O–H groups in total. The molecule has 27 heavy (non-hydrogen) atoms. The third-order valence-corrected chi connectivity index (χ3v) is 5.36. The van der Waals surface area contributed by atoms with Crippen molar-refractivity contribution in [3.63, 3.8) is 0 Å². The van der Waals surface area contributed by atoms with Crippen LogP contribution in [0.15, 0.2) is 48.7 Å². The highest BCUT2D eigenvalue weighted by atomic mass is 35.5. The first kappa shape index (κ1) is 17.8. The fraction of sp³-hybridized carbons (Fsp3) is 0.273. The van der Waals surface area contributed by atoms with Gasteiger partial charge < -0.3 is 5.32 Å². The van der Waals surface area contributed by atoms with E-state index in [1.54, 1.807) is 0 Å². The average Bonchev–Trinajstić information content (AvgIpc) is 3.22. The van der Waals surface area contributed by atoms with E-state index in [0.717, 1.165) is 46.9 Å². The highest BCUT2D eigenvalue weighted by Gasteiger charge is 2.29. The number of aryl methyl sites for hydroxylation is 2. The minimum atomic E-state index is -0.00471. The van der Waals surface area contributed by atoms with Gasteiger partial charge in [0, 0.05) is 16.3 Å². The van der Waals surface area contributed by atoms with Gasteiger partial charge in [0.25, 0.3) is 11.7 Å². The molecule has 0 atom stereocenters. The first-order chi connectivity index (χ1) is 13.0. The summed E-state index contributed by atoms with van der Waals surface area (Å²) < 4.78 is 4.39. The van der Waals surface area contributed by atoms with Gasteiger partial charge in [-0.15, -0.1) is 0 Å². The molecule has 1 aromatic heterocycles. The van der Waals surface area contributed by atoms with Crippen molar-refractivity contribution in [2.24, 2.45) is 0 Å². The first-order valence-electron chi connectivity index (χ1n) is 9.26. The quantitative estimate of drug-likeness (QED) is 0.673. The average molecular weight is 381 g/mol. The molecule has 2 heterocycles. The summed E-state index contributed by atoms with van der Waals surface area (Å²) >= 11 is 6.03. The van der Waals surface area contributed by atoms with Gasteiger partial charge in [-0.25, -0.2) is 9.13 Å². The van der Waals surface area contributed by atoms with Crippen molar-refractivity contribution in [3.05, 3.63) is 70.6 Å². The van der Waals surface area contributed by atoms with Crippen LogP contribution in [0.5, 0.6) is 0 Å². The summed E-state index contributed by atoms with van der Waals surface area (Å²) in [6.45, 7) is 5.37. The predicted molar refractivity (Wildman–Crippen MR) is 108 cm³/mol. The van der Waals surface area contributed by atoms with E-state index in [2.05, 4.69) is 33.6 Å². The molecule has 0 saturated heterocycles. The van der Waals surface area contributed by atoms with Gasteiger partial charge in [-0.1, -0.05) is 29.3 Å². The molecule has 4 nitrogen and oxygen atoms in total. The zero-order chi connectivity index (χ0) is 19.0. The maximum absolute atomic E-state index is 12.7. The van der Waals surface area contributed by atoms with Crippen molar-refractivity contribution < 1.29 is 9.36 Å². The number of aromatic nitrogens is 2. The van der Waals surface area contributed by atoms with E-state index in [0.29, 0.717) is 6.54 Å². The molecule has 0 aliphatic carbocycles. The Hall–Kier alpha value is -2.59. The van der Waals surface area contributed by atoms with E-state index in [-0.39, 0.29) is 5.91 Å². The van der Waals surface area contributed by atoms with Gasteiger partial charge in [-0.3, -0.25) is 4.79 Å². The molecule has 0 bridgehead atoms. The van der Waals surface area contributed by atoms with Gasteiger partial charge >= 0.3 is 0 Å². The second-order valence-electron chi connectivity index (χ2n) is 7.19. The lowest BCUT2D eigenvalue weighted by Crippen LogP contribution is -2.42. The molecule has 1 amide bonds. The zero-order valence-electron chi connectivity index (χ0n) is 15.6. The van der Waals surface area contributed by atoms with Gasteiger partial charge in [-0.05, 0) is 56.2 Å². The Bertz CT molecular complexity index is 1010. The molecule has 0 unspecified atom stereocenters. The standard InChI is InChI=1S/C22H22ClN3O/c1-15-5-10-19(16(2)12-15)24-21(27)14-25-13-20(26-11-3-4-22(25)26)17-6-8-18(23)9-7-17/h5-10,12-13H,3-4,11,14H2,1-2H3/p+1. The SMILES string of the molecule is Cc1ccc(NC(=O)C[n+]2cc(-c3ccc(Cl)cc3)n3c2CCC3)c(C)c1. The molecule has 0 radical (unpaired) electrons. The summed E-state index contributed by atoms with van der Waals surface area (Å²) in [5.74, 6) is 1.20. The molecule has 138 valence electrons. The van der Waals surface area contributed by atoms with Crippen molar-refractivity contribution in [3.8, 4) is 11.3 Å². The third-order valence-electron chi connectivity index (χ3n) is 5.10. The van der Waals surface area contributed by atoms with Crippen molar-refractivity contribution in [1.29, 1.82) is 0 Å². The molecule has 3 aromatic rings. The Labute approximate surface area is 164 Å². The lowest BCUT2D eigenvalue weighted by molar-refractivity contribution is -0.690. The number of anilines is 1. The van der Waals surface area contributed by atoms with Gasteiger partial charge in [0.2, 0.25) is 0 Å². The normalized spacial score (nSPS) is 12.9. The molecule has 4 rings (SSSR count). The predicted octanol–water partition coefficient (Wildman–Crippen LogP) is 4.30. The van der Waals surface area contributed by atoms with Gasteiger partial charge in [-0.2, -0.15) is 0 Å². The van der Waals surface area contributed by atoms with Crippen LogP contribution in [0.25, 0.3) is 11.3 Å². The first-order valence-corrected chi connectivity index (χ1v) is 9.64. The Morgan fingerprint density at radius 2 is 1.96 bits per heavy atom. The topological polar surface area (TPSA) is 37.9 Å². The number of imidazole rings is 1. The number of nitrogens with zero attached hydrogens (tertiary/aromatic N) is 2. The van der Waals surface area contributed by atoms with Gasteiger partial charge in [0.1, 0.15) is 6.20 Å². The van der Waals surface area contributed by atoms with E-state index in [9.17, 15) is 4.79 Å². The number of halogens is 1. The number of carbonyl (C=O) groups excluding carboxylic acids is 1. The molecular formula is C22H23ClN3O+. The summed E-state index contributed by atoms with van der Waals surface area (Å²) in [5.41, 5.74) is 5.41. The zero-order valence-corrected chi connectivity index (χ0v) is 16.4. The molecule has 0 fully saturated rings. The Kier molecular flexibility index (Phi) is 4.75. The van der Waals surface area contributed by atoms with E-state index in [1.807, 2.05) is 43.3 Å². The number of hydrogen-bond donors (Lipinski definition) is 1. The van der Waals surface area contributed by atoms with Crippen LogP contribution in [0.4, 0.5) is 5.69 Å². The molecule has 2 aromatic carbocycles. The summed E-state index contributed by atoms with van der Waals surface area (Å²) in [7, 11) is 0. The molecule has 0 saturated carbocycles. The molecule has 0 spiro atoms. The highest BCUT2D eigenvalue weighted by Crippen LogP contribution is 2.26. The second-order valence-corrected chi connectivity index (χ2v) is 7.62. The third kappa shape index (κ3) is 3.62. The Balaban J connectivity index is 1.58. The number of hydrogen-bond acceptors (Lipinski definition) is 1. The fourth-order valence-corrected chi connectivity index (χ4v) is 3.92. The molecule has 1 aliphatic heterocycles. The lowest BCUT2D eigenvalue weighted by atomic mass is 10.1. The van der Waals surface area contributed by atoms with Crippen LogP contribution in [0.3, 0.4) is 0 Å². The summed E-state index contributed by atoms with van der Waals surface area (Å²) in [6, 6.07) is 13.9. The van der Waals surface area contributed by atoms with Crippen LogP contribution in [0, 0.1) is 13.8 Å². The summed E-state index contributed by atoms with van der Waals surface area (Å²) in [4.78, 5) is 12.7. The number of nitrogens with one attached hydrogen (secondary N) is 1. The smallest absolute Gasteiger partial charge is 0.266 e. The summed E-state index contributed by atoms with van der Waals surface area (Å²) in [6.07, 6.45) is 4.18. The largest absolute Gasteiger partial charge is 0.322 e. The minimum Gasteiger partial charge on any atom is -0.322 e. The van der Waals surface area contributed by atoms with Crippen LogP contribution < -0.4 is 9.88 Å². The van der Waals surface area contributed by atoms with Gasteiger partial charge in [0.05, 0.1) is 13.0 Å². The van der Waals surface area contributed by atoms with Crippen LogP contribution in [-0.4, -0.2) is 10.5 Å². The van der Waals surface area contributed by atoms with E-state index in [4.69, 9.17) is 11.6 Å². The van der Waals surface area contributed by atoms with Crippen LogP contribution in [0.1, 0.15) is 23.4 Å². The number of carbonyl (C=O) groups is 1.